The van der Waals surface area contributed by atoms with E-state index in [0.717, 1.165) is 10.0 Å². The van der Waals surface area contributed by atoms with Gasteiger partial charge < -0.3 is 5.73 Å². The second-order valence-corrected chi connectivity index (χ2v) is 5.17. The zero-order valence-electron chi connectivity index (χ0n) is 10.3. The van der Waals surface area contributed by atoms with Crippen LogP contribution in [-0.2, 0) is 0 Å². The molecule has 100 valence electrons. The summed E-state index contributed by atoms with van der Waals surface area (Å²) in [7, 11) is 0. The number of hydrogen-bond donors (Lipinski definition) is 1. The van der Waals surface area contributed by atoms with Crippen LogP contribution in [0.3, 0.4) is 0 Å². The SMILES string of the molecule is Nc1cc(Br)cn2c(/C=C/c3ccc(F)cc3)nnc12. The van der Waals surface area contributed by atoms with Gasteiger partial charge in [-0.1, -0.05) is 18.2 Å². The molecule has 2 heterocycles. The van der Waals surface area contributed by atoms with Gasteiger partial charge in [-0.25, -0.2) is 4.39 Å². The number of aromatic nitrogens is 3. The van der Waals surface area contributed by atoms with Crippen molar-refractivity contribution in [1.82, 2.24) is 14.6 Å². The zero-order chi connectivity index (χ0) is 14.1. The molecule has 2 N–H and O–H groups in total. The smallest absolute Gasteiger partial charge is 0.184 e. The van der Waals surface area contributed by atoms with Gasteiger partial charge in [0.1, 0.15) is 5.82 Å². The van der Waals surface area contributed by atoms with Crippen LogP contribution in [0.5, 0.6) is 0 Å². The molecule has 0 aliphatic carbocycles. The first-order valence-electron chi connectivity index (χ1n) is 5.87. The zero-order valence-corrected chi connectivity index (χ0v) is 11.9. The second kappa shape index (κ2) is 5.05. The highest BCUT2D eigenvalue weighted by Gasteiger charge is 2.06. The standard InChI is InChI=1S/C14H10BrFN4/c15-10-7-12(17)14-19-18-13(20(14)8-10)6-3-9-1-4-11(16)5-2-9/h1-8H,17H2/b6-3+. The predicted octanol–water partition coefficient (Wildman–Crippen LogP) is 3.38. The molecule has 0 fully saturated rings. The lowest BCUT2D eigenvalue weighted by atomic mass is 10.2. The predicted molar refractivity (Wildman–Crippen MR) is 80.4 cm³/mol. The first-order chi connectivity index (χ1) is 9.63. The maximum Gasteiger partial charge on any atom is 0.184 e. The lowest BCUT2D eigenvalue weighted by Gasteiger charge is -1.99. The minimum atomic E-state index is -0.258. The molecule has 3 aromatic rings. The Kier molecular flexibility index (Phi) is 3.23. The van der Waals surface area contributed by atoms with Crippen molar-refractivity contribution >= 4 is 39.4 Å². The molecule has 0 atom stereocenters. The van der Waals surface area contributed by atoms with Crippen LogP contribution < -0.4 is 5.73 Å². The van der Waals surface area contributed by atoms with Crippen LogP contribution in [0.1, 0.15) is 11.4 Å². The van der Waals surface area contributed by atoms with E-state index in [2.05, 4.69) is 26.1 Å². The lowest BCUT2D eigenvalue weighted by molar-refractivity contribution is 0.628. The van der Waals surface area contributed by atoms with Crippen LogP contribution in [0.4, 0.5) is 10.1 Å². The minimum Gasteiger partial charge on any atom is -0.396 e. The van der Waals surface area contributed by atoms with Gasteiger partial charge in [-0.15, -0.1) is 10.2 Å². The molecule has 0 aliphatic rings. The normalized spacial score (nSPS) is 11.5. The molecule has 6 heteroatoms. The van der Waals surface area contributed by atoms with E-state index >= 15 is 0 Å². The number of nitrogens with zero attached hydrogens (tertiary/aromatic N) is 3. The number of nitrogen functional groups attached to an aromatic ring is 1. The van der Waals surface area contributed by atoms with E-state index in [0.29, 0.717) is 17.2 Å². The molecule has 3 rings (SSSR count). The monoisotopic (exact) mass is 332 g/mol. The van der Waals surface area contributed by atoms with Crippen molar-refractivity contribution in [2.24, 2.45) is 0 Å². The Morgan fingerprint density at radius 1 is 1.15 bits per heavy atom. The van der Waals surface area contributed by atoms with Crippen LogP contribution in [0.2, 0.25) is 0 Å². The number of rotatable bonds is 2. The van der Waals surface area contributed by atoms with Crippen LogP contribution in [-0.4, -0.2) is 14.6 Å². The summed E-state index contributed by atoms with van der Waals surface area (Å²) in [6, 6.07) is 7.99. The van der Waals surface area contributed by atoms with E-state index in [1.54, 1.807) is 28.7 Å². The van der Waals surface area contributed by atoms with Gasteiger partial charge in [-0.3, -0.25) is 4.40 Å². The summed E-state index contributed by atoms with van der Waals surface area (Å²) < 4.78 is 15.5. The van der Waals surface area contributed by atoms with Gasteiger partial charge >= 0.3 is 0 Å². The summed E-state index contributed by atoms with van der Waals surface area (Å²) in [6.07, 6.45) is 5.49. The van der Waals surface area contributed by atoms with Gasteiger partial charge in [0, 0.05) is 10.7 Å². The van der Waals surface area contributed by atoms with E-state index in [1.807, 2.05) is 12.3 Å². The number of nitrogens with two attached hydrogens (primary N) is 1. The third kappa shape index (κ3) is 2.42. The fraction of sp³-hybridized carbons (Fsp3) is 0. The van der Waals surface area contributed by atoms with Crippen molar-refractivity contribution in [3.05, 3.63) is 58.2 Å². The Bertz CT molecular complexity index is 793. The molecule has 0 saturated carbocycles. The Labute approximate surface area is 122 Å². The number of benzene rings is 1. The highest BCUT2D eigenvalue weighted by molar-refractivity contribution is 9.10. The van der Waals surface area contributed by atoms with Crippen LogP contribution in [0.15, 0.2) is 41.0 Å². The van der Waals surface area contributed by atoms with Gasteiger partial charge in [0.05, 0.1) is 5.69 Å². The molecule has 0 bridgehead atoms. The van der Waals surface area contributed by atoms with Crippen LogP contribution in [0.25, 0.3) is 17.8 Å². The quantitative estimate of drug-likeness (QED) is 0.782. The Balaban J connectivity index is 2.00. The maximum absolute atomic E-state index is 12.8. The molecule has 0 aliphatic heterocycles. The molecule has 4 nitrogen and oxygen atoms in total. The third-order valence-corrected chi connectivity index (χ3v) is 3.25. The molecule has 0 amide bonds. The highest BCUT2D eigenvalue weighted by atomic mass is 79.9. The number of anilines is 1. The fourth-order valence-corrected chi connectivity index (χ4v) is 2.31. The van der Waals surface area contributed by atoms with Gasteiger partial charge in [0.25, 0.3) is 0 Å². The molecule has 20 heavy (non-hydrogen) atoms. The molecule has 2 aromatic heterocycles. The van der Waals surface area contributed by atoms with Gasteiger partial charge in [0.2, 0.25) is 0 Å². The average molecular weight is 333 g/mol. The molecule has 0 unspecified atom stereocenters. The Hall–Kier alpha value is -2.21. The number of fused-ring (bicyclic) bond motifs is 1. The van der Waals surface area contributed by atoms with Crippen molar-refractivity contribution in [3.63, 3.8) is 0 Å². The minimum absolute atomic E-state index is 0.258. The topological polar surface area (TPSA) is 56.2 Å². The van der Waals surface area contributed by atoms with Crippen molar-refractivity contribution in [2.45, 2.75) is 0 Å². The van der Waals surface area contributed by atoms with Crippen molar-refractivity contribution in [3.8, 4) is 0 Å². The van der Waals surface area contributed by atoms with E-state index in [9.17, 15) is 4.39 Å². The maximum atomic E-state index is 12.8. The molecule has 0 radical (unpaired) electrons. The third-order valence-electron chi connectivity index (χ3n) is 2.82. The molecular weight excluding hydrogens is 323 g/mol. The number of hydrogen-bond acceptors (Lipinski definition) is 3. The lowest BCUT2D eigenvalue weighted by Crippen LogP contribution is -1.94. The summed E-state index contributed by atoms with van der Waals surface area (Å²) in [6.45, 7) is 0. The first kappa shape index (κ1) is 12.8. The average Bonchev–Trinajstić information content (AvgIpc) is 2.81. The van der Waals surface area contributed by atoms with E-state index in [4.69, 9.17) is 5.73 Å². The van der Waals surface area contributed by atoms with Crippen molar-refractivity contribution < 1.29 is 4.39 Å². The second-order valence-electron chi connectivity index (χ2n) is 4.25. The summed E-state index contributed by atoms with van der Waals surface area (Å²) in [5.74, 6) is 0.393. The fourth-order valence-electron chi connectivity index (χ4n) is 1.86. The van der Waals surface area contributed by atoms with Crippen LogP contribution in [0, 0.1) is 5.82 Å². The summed E-state index contributed by atoms with van der Waals surface area (Å²) in [5.41, 5.74) is 7.91. The molecule has 0 spiro atoms. The van der Waals surface area contributed by atoms with E-state index in [1.165, 1.54) is 12.1 Å². The Morgan fingerprint density at radius 3 is 2.65 bits per heavy atom. The summed E-state index contributed by atoms with van der Waals surface area (Å²) in [4.78, 5) is 0. The molecule has 1 aromatic carbocycles. The highest BCUT2D eigenvalue weighted by Crippen LogP contribution is 2.20. The largest absolute Gasteiger partial charge is 0.396 e. The van der Waals surface area contributed by atoms with Gasteiger partial charge in [-0.2, -0.15) is 0 Å². The van der Waals surface area contributed by atoms with E-state index in [-0.39, 0.29) is 5.82 Å². The van der Waals surface area contributed by atoms with Crippen LogP contribution >= 0.6 is 15.9 Å². The summed E-state index contributed by atoms with van der Waals surface area (Å²) in [5, 5.41) is 8.12. The van der Waals surface area contributed by atoms with Gasteiger partial charge in [-0.05, 0) is 45.8 Å². The van der Waals surface area contributed by atoms with Crippen molar-refractivity contribution in [2.75, 3.05) is 5.73 Å². The van der Waals surface area contributed by atoms with Gasteiger partial charge in [0.15, 0.2) is 11.5 Å². The molecular formula is C14H10BrFN4. The number of halogens is 2. The molecule has 0 saturated heterocycles. The van der Waals surface area contributed by atoms with E-state index < -0.39 is 0 Å². The van der Waals surface area contributed by atoms with Crippen molar-refractivity contribution in [1.29, 1.82) is 0 Å². The Morgan fingerprint density at radius 2 is 1.90 bits per heavy atom. The first-order valence-corrected chi connectivity index (χ1v) is 6.66. The number of pyridine rings is 1. The summed E-state index contributed by atoms with van der Waals surface area (Å²) >= 11 is 3.38.